The zero-order valence-electron chi connectivity index (χ0n) is 15.1. The molecule has 26 heavy (non-hydrogen) atoms. The van der Waals surface area contributed by atoms with Gasteiger partial charge in [-0.2, -0.15) is 0 Å². The maximum Gasteiger partial charge on any atom is 0.261 e. The van der Waals surface area contributed by atoms with Crippen molar-refractivity contribution in [1.29, 1.82) is 0 Å². The fraction of sp³-hybridized carbons (Fsp3) is 0.381. The van der Waals surface area contributed by atoms with Crippen molar-refractivity contribution in [3.05, 3.63) is 59.1 Å². The van der Waals surface area contributed by atoms with Crippen LogP contribution in [-0.2, 0) is 11.3 Å². The topological polar surface area (TPSA) is 41.6 Å². The molecule has 0 radical (unpaired) electrons. The number of benzene rings is 2. The van der Waals surface area contributed by atoms with Gasteiger partial charge in [0.1, 0.15) is 5.75 Å². The molecule has 1 saturated heterocycles. The molecule has 1 heterocycles. The minimum absolute atomic E-state index is 0.148. The number of carbonyl (C=O) groups excluding carboxylic acids is 1. The van der Waals surface area contributed by atoms with Crippen LogP contribution in [0.2, 0.25) is 5.02 Å². The zero-order valence-corrected chi connectivity index (χ0v) is 15.8. The van der Waals surface area contributed by atoms with Crippen LogP contribution >= 0.6 is 11.6 Å². The molecule has 2 aromatic rings. The van der Waals surface area contributed by atoms with Gasteiger partial charge in [0.2, 0.25) is 0 Å². The van der Waals surface area contributed by atoms with E-state index in [1.54, 1.807) is 31.2 Å². The maximum absolute atomic E-state index is 12.2. The fourth-order valence-corrected chi connectivity index (χ4v) is 3.29. The van der Waals surface area contributed by atoms with Crippen LogP contribution in [0.15, 0.2) is 48.5 Å². The zero-order chi connectivity index (χ0) is 18.4. The quantitative estimate of drug-likeness (QED) is 0.816. The molecule has 138 valence electrons. The second-order valence-corrected chi connectivity index (χ2v) is 7.09. The molecule has 0 unspecified atom stereocenters. The molecule has 0 spiro atoms. The number of nitrogens with one attached hydrogen (secondary N) is 1. The van der Waals surface area contributed by atoms with Gasteiger partial charge in [0, 0.05) is 30.3 Å². The first kappa shape index (κ1) is 18.6. The van der Waals surface area contributed by atoms with Gasteiger partial charge in [-0.25, -0.2) is 0 Å². The van der Waals surface area contributed by atoms with Crippen LogP contribution in [0.1, 0.15) is 31.7 Å². The van der Waals surface area contributed by atoms with Gasteiger partial charge in [0.25, 0.3) is 5.91 Å². The highest BCUT2D eigenvalue weighted by atomic mass is 35.5. The Hall–Kier alpha value is -2.20. The van der Waals surface area contributed by atoms with Gasteiger partial charge in [0.15, 0.2) is 6.10 Å². The van der Waals surface area contributed by atoms with E-state index in [1.807, 2.05) is 0 Å². The Kier molecular flexibility index (Phi) is 6.40. The van der Waals surface area contributed by atoms with Crippen LogP contribution in [0, 0.1) is 0 Å². The van der Waals surface area contributed by atoms with Crippen molar-refractivity contribution >= 4 is 23.2 Å². The Balaban J connectivity index is 1.49. The minimum Gasteiger partial charge on any atom is -0.481 e. The second kappa shape index (κ2) is 8.95. The number of halogens is 1. The van der Waals surface area contributed by atoms with Gasteiger partial charge in [-0.15, -0.1) is 0 Å². The number of amides is 1. The van der Waals surface area contributed by atoms with Crippen LogP contribution in [0.4, 0.5) is 5.69 Å². The summed E-state index contributed by atoms with van der Waals surface area (Å²) in [5.41, 5.74) is 2.34. The van der Waals surface area contributed by atoms with Gasteiger partial charge in [-0.05, 0) is 62.1 Å². The molecule has 1 amide bonds. The Labute approximate surface area is 160 Å². The van der Waals surface area contributed by atoms with E-state index < -0.39 is 6.10 Å². The molecule has 1 atom stereocenters. The van der Waals surface area contributed by atoms with Crippen molar-refractivity contribution in [2.75, 3.05) is 18.0 Å². The lowest BCUT2D eigenvalue weighted by Gasteiger charge is -2.28. The number of piperidine rings is 1. The van der Waals surface area contributed by atoms with Gasteiger partial charge in [-0.3, -0.25) is 4.79 Å². The summed E-state index contributed by atoms with van der Waals surface area (Å²) in [4.78, 5) is 14.7. The van der Waals surface area contributed by atoms with E-state index in [-0.39, 0.29) is 5.91 Å². The lowest BCUT2D eigenvalue weighted by Crippen LogP contribution is -2.35. The summed E-state index contributed by atoms with van der Waals surface area (Å²) >= 11 is 5.93. The van der Waals surface area contributed by atoms with Crippen LogP contribution in [0.5, 0.6) is 5.75 Å². The third-order valence-corrected chi connectivity index (χ3v) is 4.84. The van der Waals surface area contributed by atoms with Gasteiger partial charge < -0.3 is 15.0 Å². The molecule has 0 saturated carbocycles. The number of ether oxygens (including phenoxy) is 1. The Morgan fingerprint density at radius 1 is 1.15 bits per heavy atom. The summed E-state index contributed by atoms with van der Waals surface area (Å²) in [5.74, 6) is 0.441. The van der Waals surface area contributed by atoms with E-state index >= 15 is 0 Å². The van der Waals surface area contributed by atoms with Crippen molar-refractivity contribution < 1.29 is 9.53 Å². The monoisotopic (exact) mass is 372 g/mol. The van der Waals surface area contributed by atoms with Crippen molar-refractivity contribution in [2.45, 2.75) is 38.8 Å². The minimum atomic E-state index is -0.582. The third kappa shape index (κ3) is 5.15. The smallest absolute Gasteiger partial charge is 0.261 e. The summed E-state index contributed by atoms with van der Waals surface area (Å²) < 4.78 is 5.64. The van der Waals surface area contributed by atoms with Crippen LogP contribution < -0.4 is 15.0 Å². The molecule has 4 nitrogen and oxygen atoms in total. The van der Waals surface area contributed by atoms with E-state index in [4.69, 9.17) is 16.3 Å². The number of hydrogen-bond acceptors (Lipinski definition) is 3. The lowest BCUT2D eigenvalue weighted by molar-refractivity contribution is -0.127. The molecule has 3 rings (SSSR count). The highest BCUT2D eigenvalue weighted by molar-refractivity contribution is 6.30. The number of anilines is 1. The summed E-state index contributed by atoms with van der Waals surface area (Å²) in [7, 11) is 0. The first-order valence-corrected chi connectivity index (χ1v) is 9.53. The van der Waals surface area contributed by atoms with Gasteiger partial charge in [0.05, 0.1) is 0 Å². The first-order chi connectivity index (χ1) is 12.6. The second-order valence-electron chi connectivity index (χ2n) is 6.65. The summed E-state index contributed by atoms with van der Waals surface area (Å²) in [6, 6.07) is 15.5. The standard InChI is InChI=1S/C21H25ClN2O2/c1-16(26-20-7-5-6-18(22)14-20)21(25)23-15-17-8-10-19(11-9-17)24-12-3-2-4-13-24/h5-11,14,16H,2-4,12-13,15H2,1H3,(H,23,25)/t16-/m0/s1. The molecule has 1 N–H and O–H groups in total. The lowest BCUT2D eigenvalue weighted by atomic mass is 10.1. The van der Waals surface area contributed by atoms with Gasteiger partial charge in [-0.1, -0.05) is 29.8 Å². The maximum atomic E-state index is 12.2. The molecule has 1 aliphatic rings. The third-order valence-electron chi connectivity index (χ3n) is 4.60. The molecular formula is C21H25ClN2O2. The molecule has 0 bridgehead atoms. The predicted octanol–water partition coefficient (Wildman–Crippen LogP) is 4.41. The van der Waals surface area contributed by atoms with Crippen molar-refractivity contribution in [2.24, 2.45) is 0 Å². The van der Waals surface area contributed by atoms with Crippen molar-refractivity contribution in [3.8, 4) is 5.75 Å². The Morgan fingerprint density at radius 3 is 2.58 bits per heavy atom. The normalized spacial score (nSPS) is 15.4. The largest absolute Gasteiger partial charge is 0.481 e. The fourth-order valence-electron chi connectivity index (χ4n) is 3.11. The van der Waals surface area contributed by atoms with Crippen LogP contribution in [-0.4, -0.2) is 25.1 Å². The summed E-state index contributed by atoms with van der Waals surface area (Å²) in [6.45, 7) is 4.49. The average Bonchev–Trinajstić information content (AvgIpc) is 2.67. The molecule has 0 aromatic heterocycles. The molecule has 1 fully saturated rings. The van der Waals surface area contributed by atoms with Crippen molar-refractivity contribution in [1.82, 2.24) is 5.32 Å². The first-order valence-electron chi connectivity index (χ1n) is 9.15. The highest BCUT2D eigenvalue weighted by Crippen LogP contribution is 2.20. The number of nitrogens with zero attached hydrogens (tertiary/aromatic N) is 1. The molecular weight excluding hydrogens is 348 g/mol. The van der Waals surface area contributed by atoms with E-state index in [1.165, 1.54) is 24.9 Å². The Morgan fingerprint density at radius 2 is 1.88 bits per heavy atom. The Bertz CT molecular complexity index is 727. The SMILES string of the molecule is C[C@H](Oc1cccc(Cl)c1)C(=O)NCc1ccc(N2CCCCC2)cc1. The van der Waals surface area contributed by atoms with Crippen molar-refractivity contribution in [3.63, 3.8) is 0 Å². The summed E-state index contributed by atoms with van der Waals surface area (Å²) in [6.07, 6.45) is 3.28. The average molecular weight is 373 g/mol. The van der Waals surface area contributed by atoms with E-state index in [0.717, 1.165) is 18.7 Å². The molecule has 1 aliphatic heterocycles. The van der Waals surface area contributed by atoms with Crippen LogP contribution in [0.25, 0.3) is 0 Å². The van der Waals surface area contributed by atoms with E-state index in [9.17, 15) is 4.79 Å². The predicted molar refractivity (Wildman–Crippen MR) is 106 cm³/mol. The number of carbonyl (C=O) groups is 1. The highest BCUT2D eigenvalue weighted by Gasteiger charge is 2.15. The molecule has 0 aliphatic carbocycles. The number of hydrogen-bond donors (Lipinski definition) is 1. The van der Waals surface area contributed by atoms with E-state index in [0.29, 0.717) is 17.3 Å². The van der Waals surface area contributed by atoms with E-state index in [2.05, 4.69) is 34.5 Å². The molecule has 2 aromatic carbocycles. The van der Waals surface area contributed by atoms with Gasteiger partial charge >= 0.3 is 0 Å². The molecule has 5 heteroatoms. The van der Waals surface area contributed by atoms with Crippen LogP contribution in [0.3, 0.4) is 0 Å². The summed E-state index contributed by atoms with van der Waals surface area (Å²) in [5, 5.41) is 3.51. The number of rotatable bonds is 6.